The Hall–Kier alpha value is -1.24. The van der Waals surface area contributed by atoms with Gasteiger partial charge in [-0.25, -0.2) is 8.42 Å². The van der Waals surface area contributed by atoms with Crippen LogP contribution < -0.4 is 4.31 Å². The Morgan fingerprint density at radius 2 is 1.71 bits per heavy atom. The van der Waals surface area contributed by atoms with Crippen LogP contribution in [0.3, 0.4) is 0 Å². The number of benzene rings is 2. The maximum Gasteiger partial charge on any atom is 0.264 e. The van der Waals surface area contributed by atoms with Crippen LogP contribution in [0.4, 0.5) is 5.69 Å². The molecule has 0 aliphatic carbocycles. The maximum absolute atomic E-state index is 12.9. The molecule has 125 valence electrons. The first-order chi connectivity index (χ1) is 10.4. The number of anilines is 1. The van der Waals surface area contributed by atoms with Crippen LogP contribution in [-0.4, -0.2) is 20.4 Å². The molecule has 7 heteroatoms. The second kappa shape index (κ2) is 7.76. The monoisotopic (exact) mass is 419 g/mol. The van der Waals surface area contributed by atoms with Crippen LogP contribution in [-0.2, 0) is 53.9 Å². The summed E-state index contributed by atoms with van der Waals surface area (Å²) in [6, 6.07) is 12.5. The minimum absolute atomic E-state index is 0. The molecule has 1 amide bonds. The van der Waals surface area contributed by atoms with Crippen LogP contribution in [0, 0.1) is 14.4 Å². The maximum atomic E-state index is 12.9. The first kappa shape index (κ1) is 20.8. The van der Waals surface area contributed by atoms with Gasteiger partial charge in [-0.05, 0) is 30.7 Å². The third-order valence-electron chi connectivity index (χ3n) is 3.81. The largest absolute Gasteiger partial charge is 0.666 e. The molecular weight excluding hydrogens is 401 g/mol. The minimum Gasteiger partial charge on any atom is -0.666 e. The summed E-state index contributed by atoms with van der Waals surface area (Å²) in [4.78, 5) is 11.7. The van der Waals surface area contributed by atoms with Crippen LogP contribution >= 0.6 is 0 Å². The van der Waals surface area contributed by atoms with Crippen molar-refractivity contribution in [1.82, 2.24) is 0 Å². The Morgan fingerprint density at radius 3 is 2.29 bits per heavy atom. The van der Waals surface area contributed by atoms with Crippen molar-refractivity contribution in [3.8, 4) is 0 Å². The van der Waals surface area contributed by atoms with Gasteiger partial charge in [0, 0.05) is 39.1 Å². The molecule has 24 heavy (non-hydrogen) atoms. The predicted molar refractivity (Wildman–Crippen MR) is 90.5 cm³/mol. The van der Waals surface area contributed by atoms with Gasteiger partial charge < -0.3 is 18.0 Å². The van der Waals surface area contributed by atoms with Crippen molar-refractivity contribution in [3.05, 3.63) is 72.8 Å². The normalized spacial score (nSPS) is 15.9. The number of carbonyl (C=O) groups is 1. The molecule has 0 saturated carbocycles. The Balaban J connectivity index is 0.00000144. The zero-order chi connectivity index (χ0) is 15.9. The predicted octanol–water partition coefficient (Wildman–Crippen LogP) is 3.14. The van der Waals surface area contributed by atoms with E-state index in [1.54, 1.807) is 36.4 Å². The van der Waals surface area contributed by atoms with Crippen molar-refractivity contribution in [2.45, 2.75) is 24.3 Å². The number of aryl methyl sites for hydroxylation is 1. The van der Waals surface area contributed by atoms with E-state index >= 15 is 0 Å². The van der Waals surface area contributed by atoms with E-state index in [4.69, 9.17) is 5.73 Å². The number of nitrogens with one attached hydrogen (secondary N) is 1. The van der Waals surface area contributed by atoms with Gasteiger partial charge >= 0.3 is 0 Å². The molecule has 0 spiro atoms. The second-order valence-electron chi connectivity index (χ2n) is 5.33. The van der Waals surface area contributed by atoms with Crippen molar-refractivity contribution in [3.63, 3.8) is 0 Å². The molecule has 1 aliphatic rings. The van der Waals surface area contributed by atoms with Gasteiger partial charge in [-0.1, -0.05) is 35.9 Å². The van der Waals surface area contributed by atoms with E-state index in [1.165, 1.54) is 12.1 Å². The Kier molecular flexibility index (Phi) is 6.73. The average Bonchev–Trinajstić information content (AvgIpc) is 2.88. The molecule has 1 heterocycles. The fraction of sp³-hybridized carbons (Fsp3) is 0.176. The molecule has 2 aromatic carbocycles. The molecule has 1 unspecified atom stereocenters. The number of sulfonamides is 1. The molecule has 1 radical (unpaired) electrons. The number of nitrogens with zero attached hydrogens (tertiary/aromatic N) is 1. The van der Waals surface area contributed by atoms with Gasteiger partial charge in [0.05, 0.1) is 22.5 Å². The third kappa shape index (κ3) is 3.56. The molecule has 0 saturated heterocycles. The van der Waals surface area contributed by atoms with Gasteiger partial charge in [0.2, 0.25) is 0 Å². The van der Waals surface area contributed by atoms with Crippen LogP contribution in [0.15, 0.2) is 53.4 Å². The fourth-order valence-corrected chi connectivity index (χ4v) is 4.33. The zero-order valence-corrected chi connectivity index (χ0v) is 17.2. The number of hydrogen-bond donors (Lipinski definition) is 0. The summed E-state index contributed by atoms with van der Waals surface area (Å²) < 4.78 is 26.9. The quantitative estimate of drug-likeness (QED) is 0.718. The van der Waals surface area contributed by atoms with Gasteiger partial charge in [-0.3, -0.25) is 4.31 Å². The first-order valence-electron chi connectivity index (χ1n) is 6.86. The van der Waals surface area contributed by atoms with E-state index in [0.29, 0.717) is 5.69 Å². The standard InChI is InChI=1S/C16H16N2O3S.CH3.Y/c1-11-6-8-13(9-7-11)22(20,21)18-14-5-3-2-4-12(14)10-15(18)16(17)19;;/h2-9,15H,10H2,1H3,(H2,17,19);1H3;/q;-1;/p-1. The van der Waals surface area contributed by atoms with E-state index in [0.717, 1.165) is 15.4 Å². The van der Waals surface area contributed by atoms with Crippen LogP contribution in [0.2, 0.25) is 0 Å². The topological polar surface area (TPSA) is 78.2 Å². The van der Waals surface area contributed by atoms with Crippen molar-refractivity contribution < 1.29 is 45.9 Å². The Morgan fingerprint density at radius 1 is 1.12 bits per heavy atom. The van der Waals surface area contributed by atoms with Crippen molar-refractivity contribution in [1.29, 1.82) is 0 Å². The van der Waals surface area contributed by atoms with Gasteiger partial charge in [0.1, 0.15) is 0 Å². The third-order valence-corrected chi connectivity index (χ3v) is 5.64. The van der Waals surface area contributed by atoms with E-state index < -0.39 is 22.0 Å². The molecule has 5 nitrogen and oxygen atoms in total. The molecule has 2 aromatic rings. The molecule has 0 bridgehead atoms. The number of hydrogen-bond acceptors (Lipinski definition) is 3. The van der Waals surface area contributed by atoms with E-state index in [-0.39, 0.29) is 51.5 Å². The average molecular weight is 419 g/mol. The van der Waals surface area contributed by atoms with Crippen LogP contribution in [0.1, 0.15) is 11.1 Å². The zero-order valence-electron chi connectivity index (χ0n) is 13.6. The molecular formula is C17H18N2O3SY-2. The van der Waals surface area contributed by atoms with Crippen LogP contribution in [0.25, 0.3) is 5.73 Å². The number of fused-ring (bicyclic) bond motifs is 1. The minimum atomic E-state index is -3.87. The van der Waals surface area contributed by atoms with Crippen molar-refractivity contribution >= 4 is 21.6 Å². The summed E-state index contributed by atoms with van der Waals surface area (Å²) in [5.41, 5.74) is 9.61. The summed E-state index contributed by atoms with van der Waals surface area (Å²) in [7, 11) is -3.87. The SMILES string of the molecule is Cc1ccc(S(=O)(=O)N2c3ccccc3CC2C([NH-])=O)cc1.[CH3-].[Y]. The second-order valence-corrected chi connectivity index (χ2v) is 7.14. The number of rotatable bonds is 3. The molecule has 1 aliphatic heterocycles. The van der Waals surface area contributed by atoms with Gasteiger partial charge in [-0.2, -0.15) is 0 Å². The van der Waals surface area contributed by atoms with Crippen LogP contribution in [0.5, 0.6) is 0 Å². The number of amides is 1. The molecule has 0 fully saturated rings. The number of carbonyl (C=O) groups excluding carboxylic acids is 1. The van der Waals surface area contributed by atoms with E-state index in [1.807, 2.05) is 6.92 Å². The molecule has 1 N–H and O–H groups in total. The summed E-state index contributed by atoms with van der Waals surface area (Å²) in [6.07, 6.45) is 0.240. The Bertz CT molecular complexity index is 835. The summed E-state index contributed by atoms with van der Waals surface area (Å²) in [6.45, 7) is 1.87. The van der Waals surface area contributed by atoms with Gasteiger partial charge in [-0.15, -0.1) is 0 Å². The summed E-state index contributed by atoms with van der Waals surface area (Å²) in [5.74, 6) is -0.896. The fourth-order valence-electron chi connectivity index (χ4n) is 2.68. The van der Waals surface area contributed by atoms with E-state index in [2.05, 4.69) is 0 Å². The Labute approximate surface area is 168 Å². The molecule has 3 rings (SSSR count). The first-order valence-corrected chi connectivity index (χ1v) is 8.30. The molecule has 1 atom stereocenters. The molecule has 0 aromatic heterocycles. The van der Waals surface area contributed by atoms with Gasteiger partial charge in [0.25, 0.3) is 10.0 Å². The van der Waals surface area contributed by atoms with Crippen molar-refractivity contribution in [2.24, 2.45) is 0 Å². The van der Waals surface area contributed by atoms with E-state index in [9.17, 15) is 13.2 Å². The summed E-state index contributed by atoms with van der Waals surface area (Å²) >= 11 is 0. The van der Waals surface area contributed by atoms with Crippen molar-refractivity contribution in [2.75, 3.05) is 4.31 Å². The smallest absolute Gasteiger partial charge is 0.264 e. The summed E-state index contributed by atoms with van der Waals surface area (Å²) in [5, 5.41) is 0. The van der Waals surface area contributed by atoms with Gasteiger partial charge in [0.15, 0.2) is 0 Å². The number of para-hydroxylation sites is 1.